The van der Waals surface area contributed by atoms with Gasteiger partial charge in [-0.2, -0.15) is 0 Å². The SMILES string of the molecule is CC(=O)N[C@H](CC(=O)N1CCC[C@H]1c1nnc2ccccn12)c1ccc(Cl)cc1. The van der Waals surface area contributed by atoms with E-state index in [9.17, 15) is 9.59 Å². The molecule has 3 aromatic rings. The largest absolute Gasteiger partial charge is 0.349 e. The number of nitrogens with zero attached hydrogens (tertiary/aromatic N) is 4. The summed E-state index contributed by atoms with van der Waals surface area (Å²) in [5, 5.41) is 12.1. The number of rotatable bonds is 5. The molecule has 7 nitrogen and oxygen atoms in total. The fourth-order valence-corrected chi connectivity index (χ4v) is 4.03. The summed E-state index contributed by atoms with van der Waals surface area (Å²) < 4.78 is 1.93. The normalized spacial score (nSPS) is 17.4. The van der Waals surface area contributed by atoms with E-state index in [1.807, 2.05) is 45.8 Å². The first-order chi connectivity index (χ1) is 14.0. The second-order valence-corrected chi connectivity index (χ2v) is 7.68. The van der Waals surface area contributed by atoms with Crippen LogP contribution >= 0.6 is 11.6 Å². The molecule has 0 unspecified atom stereocenters. The van der Waals surface area contributed by atoms with E-state index in [4.69, 9.17) is 11.6 Å². The van der Waals surface area contributed by atoms with Crippen LogP contribution in [0.4, 0.5) is 0 Å². The van der Waals surface area contributed by atoms with Crippen molar-refractivity contribution in [3.05, 3.63) is 65.1 Å². The summed E-state index contributed by atoms with van der Waals surface area (Å²) in [4.78, 5) is 26.8. The van der Waals surface area contributed by atoms with Crippen molar-refractivity contribution in [2.24, 2.45) is 0 Å². The average Bonchev–Trinajstić information content (AvgIpc) is 3.34. The van der Waals surface area contributed by atoms with Gasteiger partial charge in [0, 0.05) is 24.7 Å². The predicted octanol–water partition coefficient (Wildman–Crippen LogP) is 3.31. The fourth-order valence-electron chi connectivity index (χ4n) is 3.91. The molecule has 1 saturated heterocycles. The van der Waals surface area contributed by atoms with Crippen molar-refractivity contribution in [3.8, 4) is 0 Å². The van der Waals surface area contributed by atoms with Gasteiger partial charge in [-0.15, -0.1) is 10.2 Å². The molecule has 2 amide bonds. The Bertz CT molecular complexity index is 1030. The minimum absolute atomic E-state index is 0.0196. The molecule has 0 aliphatic carbocycles. The number of likely N-dealkylation sites (tertiary alicyclic amines) is 1. The van der Waals surface area contributed by atoms with Gasteiger partial charge in [0.15, 0.2) is 11.5 Å². The van der Waals surface area contributed by atoms with Crippen molar-refractivity contribution in [2.75, 3.05) is 6.54 Å². The maximum Gasteiger partial charge on any atom is 0.225 e. The molecule has 0 radical (unpaired) electrons. The first-order valence-corrected chi connectivity index (χ1v) is 10.0. The molecule has 2 atom stereocenters. The molecule has 29 heavy (non-hydrogen) atoms. The third kappa shape index (κ3) is 4.10. The monoisotopic (exact) mass is 411 g/mol. The number of halogens is 1. The van der Waals surface area contributed by atoms with Crippen LogP contribution in [0.3, 0.4) is 0 Å². The van der Waals surface area contributed by atoms with Crippen molar-refractivity contribution in [2.45, 2.75) is 38.3 Å². The maximum absolute atomic E-state index is 13.2. The van der Waals surface area contributed by atoms with Crippen LogP contribution in [-0.4, -0.2) is 37.9 Å². The van der Waals surface area contributed by atoms with Crippen molar-refractivity contribution in [3.63, 3.8) is 0 Å². The Labute approximate surface area is 173 Å². The number of hydrogen-bond acceptors (Lipinski definition) is 4. The molecule has 4 rings (SSSR count). The highest BCUT2D eigenvalue weighted by atomic mass is 35.5. The first-order valence-electron chi connectivity index (χ1n) is 9.64. The molecule has 1 aliphatic heterocycles. The van der Waals surface area contributed by atoms with Crippen LogP contribution in [0.5, 0.6) is 0 Å². The number of pyridine rings is 1. The Morgan fingerprint density at radius 2 is 2.00 bits per heavy atom. The topological polar surface area (TPSA) is 79.6 Å². The Morgan fingerprint density at radius 1 is 1.21 bits per heavy atom. The molecule has 1 fully saturated rings. The van der Waals surface area contributed by atoms with Gasteiger partial charge in [-0.1, -0.05) is 29.8 Å². The van der Waals surface area contributed by atoms with Gasteiger partial charge in [0.1, 0.15) is 0 Å². The van der Waals surface area contributed by atoms with E-state index in [1.165, 1.54) is 6.92 Å². The molecular weight excluding hydrogens is 390 g/mol. The van der Waals surface area contributed by atoms with Crippen LogP contribution in [-0.2, 0) is 9.59 Å². The van der Waals surface area contributed by atoms with E-state index in [1.54, 1.807) is 12.1 Å². The summed E-state index contributed by atoms with van der Waals surface area (Å²) >= 11 is 5.98. The van der Waals surface area contributed by atoms with E-state index in [2.05, 4.69) is 15.5 Å². The lowest BCUT2D eigenvalue weighted by atomic mass is 10.0. The second-order valence-electron chi connectivity index (χ2n) is 7.24. The van der Waals surface area contributed by atoms with Crippen LogP contribution in [0, 0.1) is 0 Å². The summed E-state index contributed by atoms with van der Waals surface area (Å²) in [7, 11) is 0. The Morgan fingerprint density at radius 3 is 2.76 bits per heavy atom. The van der Waals surface area contributed by atoms with Crippen LogP contribution in [0.15, 0.2) is 48.7 Å². The summed E-state index contributed by atoms with van der Waals surface area (Å²) in [5.41, 5.74) is 1.61. The van der Waals surface area contributed by atoms with Gasteiger partial charge in [0.25, 0.3) is 0 Å². The molecule has 1 N–H and O–H groups in total. The lowest BCUT2D eigenvalue weighted by Crippen LogP contribution is -2.36. The van der Waals surface area contributed by atoms with E-state index in [0.29, 0.717) is 11.6 Å². The highest BCUT2D eigenvalue weighted by Crippen LogP contribution is 2.33. The van der Waals surface area contributed by atoms with Crippen molar-refractivity contribution >= 4 is 29.1 Å². The predicted molar refractivity (Wildman–Crippen MR) is 109 cm³/mol. The summed E-state index contributed by atoms with van der Waals surface area (Å²) in [5.74, 6) is 0.571. The molecular formula is C21H22ClN5O2. The third-order valence-corrected chi connectivity index (χ3v) is 5.49. The Hall–Kier alpha value is -2.93. The maximum atomic E-state index is 13.2. The van der Waals surface area contributed by atoms with E-state index >= 15 is 0 Å². The van der Waals surface area contributed by atoms with Crippen molar-refractivity contribution in [1.29, 1.82) is 0 Å². The molecule has 3 heterocycles. The van der Waals surface area contributed by atoms with Crippen molar-refractivity contribution in [1.82, 2.24) is 24.8 Å². The van der Waals surface area contributed by atoms with Gasteiger partial charge in [-0.25, -0.2) is 0 Å². The van der Waals surface area contributed by atoms with Crippen LogP contribution in [0.25, 0.3) is 5.65 Å². The number of carbonyl (C=O) groups excluding carboxylic acids is 2. The smallest absolute Gasteiger partial charge is 0.225 e. The van der Waals surface area contributed by atoms with E-state index in [0.717, 1.165) is 29.9 Å². The number of carbonyl (C=O) groups is 2. The highest BCUT2D eigenvalue weighted by molar-refractivity contribution is 6.30. The summed E-state index contributed by atoms with van der Waals surface area (Å²) in [6.07, 6.45) is 3.84. The van der Waals surface area contributed by atoms with Gasteiger partial charge >= 0.3 is 0 Å². The van der Waals surface area contributed by atoms with Gasteiger partial charge in [-0.05, 0) is 42.7 Å². The number of hydrogen-bond donors (Lipinski definition) is 1. The Balaban J connectivity index is 1.56. The first kappa shape index (κ1) is 19.4. The number of amides is 2. The summed E-state index contributed by atoms with van der Waals surface area (Å²) in [6, 6.07) is 12.4. The molecule has 8 heteroatoms. The van der Waals surface area contributed by atoms with Gasteiger partial charge in [0.2, 0.25) is 11.8 Å². The van der Waals surface area contributed by atoms with Gasteiger partial charge in [-0.3, -0.25) is 14.0 Å². The zero-order valence-electron chi connectivity index (χ0n) is 16.1. The number of aromatic nitrogens is 3. The fraction of sp³-hybridized carbons (Fsp3) is 0.333. The van der Waals surface area contributed by atoms with E-state index < -0.39 is 6.04 Å². The number of nitrogens with one attached hydrogen (secondary N) is 1. The standard InChI is InChI=1S/C21H22ClN5O2/c1-14(28)23-17(15-7-9-16(22)10-8-15)13-20(29)26-12-4-5-18(26)21-25-24-19-6-2-3-11-27(19)21/h2-3,6-11,17-18H,4-5,12-13H2,1H3,(H,23,28)/t17-,18+/m1/s1. The molecule has 1 aromatic carbocycles. The average molecular weight is 412 g/mol. The molecule has 0 spiro atoms. The van der Waals surface area contributed by atoms with Crippen LogP contribution in [0.2, 0.25) is 5.02 Å². The number of fused-ring (bicyclic) bond motifs is 1. The highest BCUT2D eigenvalue weighted by Gasteiger charge is 2.34. The minimum Gasteiger partial charge on any atom is -0.349 e. The lowest BCUT2D eigenvalue weighted by Gasteiger charge is -2.26. The molecule has 2 aromatic heterocycles. The Kier molecular flexibility index (Phi) is 5.49. The number of benzene rings is 1. The molecule has 1 aliphatic rings. The molecule has 150 valence electrons. The second kappa shape index (κ2) is 8.21. The van der Waals surface area contributed by atoms with Crippen LogP contribution < -0.4 is 5.32 Å². The quantitative estimate of drug-likeness (QED) is 0.698. The van der Waals surface area contributed by atoms with Gasteiger partial charge in [0.05, 0.1) is 18.5 Å². The minimum atomic E-state index is -0.409. The summed E-state index contributed by atoms with van der Waals surface area (Å²) in [6.45, 7) is 2.12. The van der Waals surface area contributed by atoms with Crippen LogP contribution in [0.1, 0.15) is 49.7 Å². The molecule has 0 saturated carbocycles. The zero-order chi connectivity index (χ0) is 20.4. The zero-order valence-corrected chi connectivity index (χ0v) is 16.8. The van der Waals surface area contributed by atoms with Crippen molar-refractivity contribution < 1.29 is 9.59 Å². The molecule has 0 bridgehead atoms. The third-order valence-electron chi connectivity index (χ3n) is 5.24. The lowest BCUT2D eigenvalue weighted by molar-refractivity contribution is -0.133. The van der Waals surface area contributed by atoms with Gasteiger partial charge < -0.3 is 10.2 Å². The van der Waals surface area contributed by atoms with E-state index in [-0.39, 0.29) is 24.3 Å².